The molecule has 1 aromatic carbocycles. The van der Waals surface area contributed by atoms with Gasteiger partial charge in [0.25, 0.3) is 0 Å². The van der Waals surface area contributed by atoms with Crippen molar-refractivity contribution in [3.8, 4) is 0 Å². The van der Waals surface area contributed by atoms with Crippen molar-refractivity contribution in [3.63, 3.8) is 0 Å². The molecule has 0 aromatic heterocycles. The van der Waals surface area contributed by atoms with E-state index in [2.05, 4.69) is 22.8 Å². The number of hydrogen-bond donors (Lipinski definition) is 2. The molecule has 1 aromatic rings. The first kappa shape index (κ1) is 8.05. The number of halogens is 1. The second-order valence-electron chi connectivity index (χ2n) is 2.90. The number of benzene rings is 1. The molecule has 1 aliphatic rings. The molecule has 0 bridgehead atoms. The molecule has 1 aliphatic heterocycles. The molecular formula is C9H11ClN2. The molecule has 12 heavy (non-hydrogen) atoms. The van der Waals surface area contributed by atoms with Crippen molar-refractivity contribution in [2.24, 2.45) is 0 Å². The Morgan fingerprint density at radius 2 is 2.00 bits per heavy atom. The molecule has 3 heteroatoms. The van der Waals surface area contributed by atoms with Gasteiger partial charge in [0.15, 0.2) is 0 Å². The molecular weight excluding hydrogens is 172 g/mol. The Morgan fingerprint density at radius 3 is 2.58 bits per heavy atom. The maximum Gasteiger partial charge on any atom is 0.135 e. The van der Waals surface area contributed by atoms with E-state index in [4.69, 9.17) is 11.6 Å². The molecule has 2 rings (SSSR count). The summed E-state index contributed by atoms with van der Waals surface area (Å²) in [6.45, 7) is 0.901. The van der Waals surface area contributed by atoms with E-state index < -0.39 is 0 Å². The Labute approximate surface area is 76.9 Å². The van der Waals surface area contributed by atoms with Crippen LogP contribution in [-0.4, -0.2) is 12.2 Å². The van der Waals surface area contributed by atoms with Crippen molar-refractivity contribution in [3.05, 3.63) is 35.9 Å². The van der Waals surface area contributed by atoms with Crippen molar-refractivity contribution in [1.82, 2.24) is 10.6 Å². The van der Waals surface area contributed by atoms with Crippen molar-refractivity contribution in [2.75, 3.05) is 6.54 Å². The minimum atomic E-state index is -0.0878. The second kappa shape index (κ2) is 3.44. The first-order valence-electron chi connectivity index (χ1n) is 4.05. The van der Waals surface area contributed by atoms with Gasteiger partial charge in [-0.15, -0.1) is 0 Å². The van der Waals surface area contributed by atoms with Gasteiger partial charge >= 0.3 is 0 Å². The Kier molecular flexibility index (Phi) is 2.30. The van der Waals surface area contributed by atoms with Crippen molar-refractivity contribution in [2.45, 2.75) is 11.7 Å². The molecule has 1 heterocycles. The summed E-state index contributed by atoms with van der Waals surface area (Å²) in [6.07, 6.45) is 0. The van der Waals surface area contributed by atoms with Crippen LogP contribution in [-0.2, 0) is 0 Å². The van der Waals surface area contributed by atoms with Crippen LogP contribution in [0.5, 0.6) is 0 Å². The average Bonchev–Trinajstić information content (AvgIpc) is 2.54. The van der Waals surface area contributed by atoms with Gasteiger partial charge < -0.3 is 0 Å². The highest BCUT2D eigenvalue weighted by Gasteiger charge is 2.21. The Balaban J connectivity index is 2.11. The van der Waals surface area contributed by atoms with Crippen molar-refractivity contribution >= 4 is 11.6 Å². The quantitative estimate of drug-likeness (QED) is 0.508. The topological polar surface area (TPSA) is 24.1 Å². The van der Waals surface area contributed by atoms with Gasteiger partial charge in [-0.2, -0.15) is 0 Å². The molecule has 0 amide bonds. The largest absolute Gasteiger partial charge is 0.287 e. The summed E-state index contributed by atoms with van der Waals surface area (Å²) in [4.78, 5) is 0. The third-order valence-electron chi connectivity index (χ3n) is 2.05. The van der Waals surface area contributed by atoms with E-state index in [1.807, 2.05) is 18.2 Å². The van der Waals surface area contributed by atoms with E-state index in [1.165, 1.54) is 5.56 Å². The molecule has 1 saturated heterocycles. The number of rotatable bonds is 1. The predicted octanol–water partition coefficient (Wildman–Crippen LogP) is 1.44. The SMILES string of the molecule is ClC1NCC(c2ccccc2)N1. The lowest BCUT2D eigenvalue weighted by Gasteiger charge is -2.08. The average molecular weight is 183 g/mol. The van der Waals surface area contributed by atoms with Gasteiger partial charge in [-0.25, -0.2) is 0 Å². The van der Waals surface area contributed by atoms with Crippen LogP contribution in [0.3, 0.4) is 0 Å². The summed E-state index contributed by atoms with van der Waals surface area (Å²) in [5.74, 6) is 0. The molecule has 0 radical (unpaired) electrons. The van der Waals surface area contributed by atoms with E-state index in [9.17, 15) is 0 Å². The summed E-state index contributed by atoms with van der Waals surface area (Å²) < 4.78 is 0. The normalized spacial score (nSPS) is 29.1. The van der Waals surface area contributed by atoms with Gasteiger partial charge in [0.05, 0.1) is 0 Å². The van der Waals surface area contributed by atoms with Gasteiger partial charge in [0.1, 0.15) is 5.62 Å². The summed E-state index contributed by atoms with van der Waals surface area (Å²) in [5.41, 5.74) is 1.20. The standard InChI is InChI=1S/C9H11ClN2/c10-9-11-6-8(12-9)7-4-2-1-3-5-7/h1-5,8-9,11-12H,6H2. The van der Waals surface area contributed by atoms with Gasteiger partial charge in [0, 0.05) is 12.6 Å². The van der Waals surface area contributed by atoms with Gasteiger partial charge in [-0.05, 0) is 5.56 Å². The zero-order valence-corrected chi connectivity index (χ0v) is 7.38. The smallest absolute Gasteiger partial charge is 0.135 e. The third kappa shape index (κ3) is 1.61. The van der Waals surface area contributed by atoms with E-state index in [1.54, 1.807) is 0 Å². The van der Waals surface area contributed by atoms with Gasteiger partial charge in [0.2, 0.25) is 0 Å². The van der Waals surface area contributed by atoms with Crippen LogP contribution in [0.1, 0.15) is 11.6 Å². The minimum Gasteiger partial charge on any atom is -0.287 e. The molecule has 2 unspecified atom stereocenters. The molecule has 2 atom stereocenters. The first-order valence-corrected chi connectivity index (χ1v) is 4.48. The highest BCUT2D eigenvalue weighted by molar-refractivity contribution is 6.20. The number of hydrogen-bond acceptors (Lipinski definition) is 2. The maximum atomic E-state index is 5.83. The second-order valence-corrected chi connectivity index (χ2v) is 3.34. The lowest BCUT2D eigenvalue weighted by atomic mass is 10.1. The minimum absolute atomic E-state index is 0.0878. The monoisotopic (exact) mass is 182 g/mol. The summed E-state index contributed by atoms with van der Waals surface area (Å²) in [6, 6.07) is 10.7. The maximum absolute atomic E-state index is 5.83. The molecule has 0 spiro atoms. The van der Waals surface area contributed by atoms with Crippen LogP contribution in [0.4, 0.5) is 0 Å². The van der Waals surface area contributed by atoms with E-state index in [-0.39, 0.29) is 5.62 Å². The summed E-state index contributed by atoms with van der Waals surface area (Å²) >= 11 is 5.83. The Morgan fingerprint density at radius 1 is 1.25 bits per heavy atom. The van der Waals surface area contributed by atoms with Crippen molar-refractivity contribution in [1.29, 1.82) is 0 Å². The Hall–Kier alpha value is -0.570. The molecule has 2 nitrogen and oxygen atoms in total. The van der Waals surface area contributed by atoms with Crippen LogP contribution in [0.2, 0.25) is 0 Å². The van der Waals surface area contributed by atoms with Crippen LogP contribution in [0.25, 0.3) is 0 Å². The molecule has 0 aliphatic carbocycles. The predicted molar refractivity (Wildman–Crippen MR) is 50.0 cm³/mol. The first-order chi connectivity index (χ1) is 5.86. The Bertz CT molecular complexity index is 250. The van der Waals surface area contributed by atoms with Crippen LogP contribution in [0.15, 0.2) is 30.3 Å². The van der Waals surface area contributed by atoms with Crippen molar-refractivity contribution < 1.29 is 0 Å². The molecule has 0 saturated carbocycles. The number of alkyl halides is 1. The summed E-state index contributed by atoms with van der Waals surface area (Å²) in [5, 5.41) is 6.35. The fraction of sp³-hybridized carbons (Fsp3) is 0.333. The third-order valence-corrected chi connectivity index (χ3v) is 2.33. The molecule has 64 valence electrons. The fourth-order valence-corrected chi connectivity index (χ4v) is 1.66. The van der Waals surface area contributed by atoms with E-state index in [0.29, 0.717) is 6.04 Å². The zero-order valence-electron chi connectivity index (χ0n) is 6.63. The molecule has 2 N–H and O–H groups in total. The van der Waals surface area contributed by atoms with Crippen LogP contribution < -0.4 is 10.6 Å². The highest BCUT2D eigenvalue weighted by atomic mass is 35.5. The highest BCUT2D eigenvalue weighted by Crippen LogP contribution is 2.16. The fourth-order valence-electron chi connectivity index (χ4n) is 1.42. The lowest BCUT2D eigenvalue weighted by molar-refractivity contribution is 0.651. The van der Waals surface area contributed by atoms with Gasteiger partial charge in [-0.3, -0.25) is 10.6 Å². The number of nitrogens with one attached hydrogen (secondary N) is 2. The zero-order chi connectivity index (χ0) is 8.39. The van der Waals surface area contributed by atoms with Gasteiger partial charge in [-0.1, -0.05) is 41.9 Å². The molecule has 1 fully saturated rings. The van der Waals surface area contributed by atoms with Crippen LogP contribution >= 0.6 is 11.6 Å². The van der Waals surface area contributed by atoms with E-state index >= 15 is 0 Å². The van der Waals surface area contributed by atoms with Crippen LogP contribution in [0, 0.1) is 0 Å². The van der Waals surface area contributed by atoms with E-state index in [0.717, 1.165) is 6.54 Å². The summed E-state index contributed by atoms with van der Waals surface area (Å²) in [7, 11) is 0. The lowest BCUT2D eigenvalue weighted by Crippen LogP contribution is -2.24.